The van der Waals surface area contributed by atoms with Crippen LogP contribution >= 0.6 is 11.6 Å². The number of hydrogen-bond acceptors (Lipinski definition) is 4. The molecule has 106 valence electrons. The molecule has 0 fully saturated rings. The molecule has 0 saturated carbocycles. The highest BCUT2D eigenvalue weighted by Crippen LogP contribution is 2.25. The van der Waals surface area contributed by atoms with Gasteiger partial charge in [0, 0.05) is 18.0 Å². The predicted molar refractivity (Wildman–Crippen MR) is 79.2 cm³/mol. The van der Waals surface area contributed by atoms with Gasteiger partial charge in [-0.05, 0) is 31.8 Å². The molecule has 0 radical (unpaired) electrons. The Balaban J connectivity index is 2.39. The largest absolute Gasteiger partial charge is 0.493 e. The van der Waals surface area contributed by atoms with Gasteiger partial charge in [-0.3, -0.25) is 4.79 Å². The van der Waals surface area contributed by atoms with Gasteiger partial charge in [0.05, 0.1) is 0 Å². The van der Waals surface area contributed by atoms with Crippen LogP contribution in [0.5, 0.6) is 5.88 Å². The number of nitrogens with one attached hydrogen (secondary N) is 1. The maximum atomic E-state index is 12.1. The minimum Gasteiger partial charge on any atom is -0.493 e. The fourth-order valence-electron chi connectivity index (χ4n) is 1.86. The third-order valence-corrected chi connectivity index (χ3v) is 3.09. The number of halogens is 1. The number of aromatic hydroxyl groups is 1. The van der Waals surface area contributed by atoms with E-state index in [9.17, 15) is 9.90 Å². The first-order chi connectivity index (χ1) is 9.47. The summed E-state index contributed by atoms with van der Waals surface area (Å²) in [7, 11) is 3.86. The SMILES string of the molecule is CN(C)CCc1nc(O)c(-c2cccc(Cl)c2)c(=O)[nH]1. The summed E-state index contributed by atoms with van der Waals surface area (Å²) in [5.41, 5.74) is 0.317. The molecule has 2 aromatic rings. The Bertz CT molecular complexity index is 668. The van der Waals surface area contributed by atoms with Crippen LogP contribution in [0.4, 0.5) is 0 Å². The molecule has 0 bridgehead atoms. The molecule has 2 N–H and O–H groups in total. The molecule has 0 atom stereocenters. The number of rotatable bonds is 4. The van der Waals surface area contributed by atoms with Crippen LogP contribution in [-0.4, -0.2) is 40.6 Å². The van der Waals surface area contributed by atoms with E-state index in [1.165, 1.54) is 0 Å². The number of aromatic amines is 1. The summed E-state index contributed by atoms with van der Waals surface area (Å²) in [5, 5.41) is 10.5. The third-order valence-electron chi connectivity index (χ3n) is 2.86. The van der Waals surface area contributed by atoms with E-state index in [0.717, 1.165) is 6.54 Å². The van der Waals surface area contributed by atoms with Gasteiger partial charge in [0.15, 0.2) is 0 Å². The molecule has 2 rings (SSSR count). The Morgan fingerprint density at radius 2 is 2.15 bits per heavy atom. The zero-order chi connectivity index (χ0) is 14.7. The summed E-state index contributed by atoms with van der Waals surface area (Å²) in [6.07, 6.45) is 0.561. The Morgan fingerprint density at radius 1 is 1.40 bits per heavy atom. The van der Waals surface area contributed by atoms with E-state index in [1.54, 1.807) is 24.3 Å². The summed E-state index contributed by atoms with van der Waals surface area (Å²) >= 11 is 5.90. The number of benzene rings is 1. The summed E-state index contributed by atoms with van der Waals surface area (Å²) in [5.74, 6) is 0.191. The minimum absolute atomic E-state index is 0.140. The average molecular weight is 294 g/mol. The van der Waals surface area contributed by atoms with Crippen LogP contribution in [0.25, 0.3) is 11.1 Å². The average Bonchev–Trinajstić information content (AvgIpc) is 2.35. The van der Waals surface area contributed by atoms with Crippen molar-refractivity contribution in [3.63, 3.8) is 0 Å². The van der Waals surface area contributed by atoms with Crippen molar-refractivity contribution in [3.05, 3.63) is 45.5 Å². The second kappa shape index (κ2) is 6.07. The maximum Gasteiger partial charge on any atom is 0.262 e. The van der Waals surface area contributed by atoms with Gasteiger partial charge in [0.25, 0.3) is 5.56 Å². The monoisotopic (exact) mass is 293 g/mol. The normalized spacial score (nSPS) is 11.0. The molecule has 0 aliphatic carbocycles. The van der Waals surface area contributed by atoms with Crippen LogP contribution in [0.3, 0.4) is 0 Å². The molecule has 6 heteroatoms. The lowest BCUT2D eigenvalue weighted by molar-refractivity contribution is 0.404. The van der Waals surface area contributed by atoms with Gasteiger partial charge in [0.2, 0.25) is 5.88 Å². The van der Waals surface area contributed by atoms with Crippen LogP contribution in [0.15, 0.2) is 29.1 Å². The standard InChI is InChI=1S/C14H16ClN3O2/c1-18(2)7-6-11-16-13(19)12(14(20)17-11)9-4-3-5-10(15)8-9/h3-5,8H,6-7H2,1-2H3,(H2,16,17,19,20). The molecule has 20 heavy (non-hydrogen) atoms. The van der Waals surface area contributed by atoms with E-state index in [4.69, 9.17) is 11.6 Å². The van der Waals surface area contributed by atoms with Crippen molar-refractivity contribution < 1.29 is 5.11 Å². The fraction of sp³-hybridized carbons (Fsp3) is 0.286. The Kier molecular flexibility index (Phi) is 4.42. The van der Waals surface area contributed by atoms with E-state index in [-0.39, 0.29) is 17.0 Å². The van der Waals surface area contributed by atoms with E-state index in [2.05, 4.69) is 9.97 Å². The van der Waals surface area contributed by atoms with Crippen molar-refractivity contribution in [2.75, 3.05) is 20.6 Å². The maximum absolute atomic E-state index is 12.1. The highest BCUT2D eigenvalue weighted by Gasteiger charge is 2.13. The molecule has 0 aliphatic heterocycles. The Hall–Kier alpha value is -1.85. The molecule has 0 aliphatic rings. The van der Waals surface area contributed by atoms with Crippen molar-refractivity contribution in [1.29, 1.82) is 0 Å². The molecule has 1 aromatic heterocycles. The van der Waals surface area contributed by atoms with Crippen molar-refractivity contribution in [3.8, 4) is 17.0 Å². The number of aromatic nitrogens is 2. The predicted octanol–water partition coefficient (Wildman–Crippen LogP) is 1.90. The molecule has 0 spiro atoms. The molecule has 1 aromatic carbocycles. The van der Waals surface area contributed by atoms with Crippen molar-refractivity contribution >= 4 is 11.6 Å². The van der Waals surface area contributed by atoms with Gasteiger partial charge in [-0.25, -0.2) is 0 Å². The third kappa shape index (κ3) is 3.37. The van der Waals surface area contributed by atoms with E-state index in [1.807, 2.05) is 19.0 Å². The number of likely N-dealkylation sites (N-methyl/N-ethyl adjacent to an activating group) is 1. The van der Waals surface area contributed by atoms with Gasteiger partial charge in [-0.15, -0.1) is 0 Å². The van der Waals surface area contributed by atoms with Gasteiger partial charge >= 0.3 is 0 Å². The zero-order valence-corrected chi connectivity index (χ0v) is 12.1. The Labute approximate surface area is 121 Å². The molecule has 0 amide bonds. The van der Waals surface area contributed by atoms with Crippen molar-refractivity contribution in [2.24, 2.45) is 0 Å². The summed E-state index contributed by atoms with van der Waals surface area (Å²) in [4.78, 5) is 20.8. The van der Waals surface area contributed by atoms with Crippen LogP contribution in [0.1, 0.15) is 5.82 Å². The lowest BCUT2D eigenvalue weighted by Gasteiger charge is -2.10. The van der Waals surface area contributed by atoms with Crippen molar-refractivity contribution in [2.45, 2.75) is 6.42 Å². The summed E-state index contributed by atoms with van der Waals surface area (Å²) < 4.78 is 0. The van der Waals surface area contributed by atoms with Crippen LogP contribution in [-0.2, 0) is 6.42 Å². The molecule has 5 nitrogen and oxygen atoms in total. The highest BCUT2D eigenvalue weighted by molar-refractivity contribution is 6.30. The van der Waals surface area contributed by atoms with E-state index in [0.29, 0.717) is 22.8 Å². The smallest absolute Gasteiger partial charge is 0.262 e. The van der Waals surface area contributed by atoms with Crippen LogP contribution < -0.4 is 5.56 Å². The highest BCUT2D eigenvalue weighted by atomic mass is 35.5. The molecular weight excluding hydrogens is 278 g/mol. The molecular formula is C14H16ClN3O2. The topological polar surface area (TPSA) is 69.2 Å². The lowest BCUT2D eigenvalue weighted by Crippen LogP contribution is -2.20. The molecule has 0 saturated heterocycles. The number of nitrogens with zero attached hydrogens (tertiary/aromatic N) is 2. The summed E-state index contributed by atoms with van der Waals surface area (Å²) in [6, 6.07) is 6.75. The van der Waals surface area contributed by atoms with Gasteiger partial charge in [-0.1, -0.05) is 23.7 Å². The lowest BCUT2D eigenvalue weighted by atomic mass is 10.1. The minimum atomic E-state index is -0.367. The Morgan fingerprint density at radius 3 is 2.75 bits per heavy atom. The molecule has 0 unspecified atom stereocenters. The van der Waals surface area contributed by atoms with Crippen LogP contribution in [0, 0.1) is 0 Å². The summed E-state index contributed by atoms with van der Waals surface area (Å²) in [6.45, 7) is 0.735. The second-order valence-corrected chi connectivity index (χ2v) is 5.21. The quantitative estimate of drug-likeness (QED) is 0.903. The van der Waals surface area contributed by atoms with Gasteiger partial charge < -0.3 is 15.0 Å². The number of H-pyrrole nitrogens is 1. The fourth-order valence-corrected chi connectivity index (χ4v) is 2.05. The first-order valence-corrected chi connectivity index (χ1v) is 6.58. The first kappa shape index (κ1) is 14.6. The number of hydrogen-bond donors (Lipinski definition) is 2. The van der Waals surface area contributed by atoms with Gasteiger partial charge in [-0.2, -0.15) is 4.98 Å². The molecule has 1 heterocycles. The van der Waals surface area contributed by atoms with Crippen molar-refractivity contribution in [1.82, 2.24) is 14.9 Å². The first-order valence-electron chi connectivity index (χ1n) is 6.20. The van der Waals surface area contributed by atoms with E-state index < -0.39 is 0 Å². The van der Waals surface area contributed by atoms with E-state index >= 15 is 0 Å². The second-order valence-electron chi connectivity index (χ2n) is 4.77. The van der Waals surface area contributed by atoms with Gasteiger partial charge in [0.1, 0.15) is 11.4 Å². The zero-order valence-electron chi connectivity index (χ0n) is 11.4. The van der Waals surface area contributed by atoms with Crippen LogP contribution in [0.2, 0.25) is 5.02 Å².